The molecule has 0 aliphatic rings. The molecule has 1 heterocycles. The van der Waals surface area contributed by atoms with Crippen LogP contribution in [0.15, 0.2) is 12.5 Å². The summed E-state index contributed by atoms with van der Waals surface area (Å²) >= 11 is 0. The van der Waals surface area contributed by atoms with Crippen LogP contribution in [0.5, 0.6) is 0 Å². The average molecular weight is 457 g/mol. The van der Waals surface area contributed by atoms with E-state index in [9.17, 15) is 34.5 Å². The number of aliphatic carboxylic acids is 1. The van der Waals surface area contributed by atoms with Crippen LogP contribution >= 0.6 is 0 Å². The summed E-state index contributed by atoms with van der Waals surface area (Å²) in [7, 11) is 0. The van der Waals surface area contributed by atoms with E-state index in [-0.39, 0.29) is 12.3 Å². The van der Waals surface area contributed by atoms with E-state index in [4.69, 9.17) is 5.73 Å². The number of aromatic nitrogens is 2. The highest BCUT2D eigenvalue weighted by atomic mass is 16.4. The van der Waals surface area contributed by atoms with E-state index in [1.807, 2.05) is 0 Å². The molecule has 13 nitrogen and oxygen atoms in total. The third kappa shape index (κ3) is 7.90. The molecule has 3 amide bonds. The Morgan fingerprint density at radius 3 is 2.16 bits per heavy atom. The standard InChI is InChI=1S/C19H32N6O7/c1-4-9(2)15(19(31)32)25-16(28)12(5-11-6-21-8-22-11)23-17(29)13(7-26)24-18(30)14(20)10(3)27/h6,8-10,12-15,26-27H,4-5,7,20H2,1-3H3,(H,21,22)(H,23,29)(H,24,30)(H,25,28)(H,31,32). The van der Waals surface area contributed by atoms with Crippen molar-refractivity contribution in [1.82, 2.24) is 25.9 Å². The van der Waals surface area contributed by atoms with Gasteiger partial charge in [-0.15, -0.1) is 0 Å². The number of aliphatic hydroxyl groups excluding tert-OH is 2. The minimum absolute atomic E-state index is 0.0519. The normalized spacial score (nSPS) is 16.7. The highest BCUT2D eigenvalue weighted by Crippen LogP contribution is 2.09. The molecule has 180 valence electrons. The van der Waals surface area contributed by atoms with Gasteiger partial charge in [0.2, 0.25) is 17.7 Å². The fourth-order valence-corrected chi connectivity index (χ4v) is 2.72. The Hall–Kier alpha value is -3.03. The molecule has 0 spiro atoms. The Morgan fingerprint density at radius 1 is 1.09 bits per heavy atom. The smallest absolute Gasteiger partial charge is 0.326 e. The van der Waals surface area contributed by atoms with Crippen LogP contribution in [0.1, 0.15) is 32.9 Å². The van der Waals surface area contributed by atoms with E-state index in [1.54, 1.807) is 13.8 Å². The van der Waals surface area contributed by atoms with Crippen molar-refractivity contribution in [3.05, 3.63) is 18.2 Å². The lowest BCUT2D eigenvalue weighted by Crippen LogP contribution is -2.59. The zero-order valence-corrected chi connectivity index (χ0v) is 18.2. The first-order chi connectivity index (χ1) is 15.0. The second-order valence-corrected chi connectivity index (χ2v) is 7.56. The van der Waals surface area contributed by atoms with Crippen LogP contribution in [0.3, 0.4) is 0 Å². The molecule has 0 bridgehead atoms. The van der Waals surface area contributed by atoms with Crippen molar-refractivity contribution in [2.24, 2.45) is 11.7 Å². The van der Waals surface area contributed by atoms with E-state index < -0.39 is 60.6 Å². The molecule has 0 aliphatic heterocycles. The van der Waals surface area contributed by atoms with Crippen LogP contribution in [0.25, 0.3) is 0 Å². The quantitative estimate of drug-likeness (QED) is 0.154. The first-order valence-corrected chi connectivity index (χ1v) is 10.2. The van der Waals surface area contributed by atoms with Gasteiger partial charge in [0, 0.05) is 18.3 Å². The summed E-state index contributed by atoms with van der Waals surface area (Å²) in [5.74, 6) is -4.11. The van der Waals surface area contributed by atoms with Crippen molar-refractivity contribution in [2.75, 3.05) is 6.61 Å². The molecule has 0 aliphatic carbocycles. The van der Waals surface area contributed by atoms with Crippen molar-refractivity contribution in [3.63, 3.8) is 0 Å². The van der Waals surface area contributed by atoms with E-state index in [0.29, 0.717) is 12.1 Å². The maximum atomic E-state index is 12.8. The molecule has 9 N–H and O–H groups in total. The Kier molecular flexibility index (Phi) is 10.7. The number of H-pyrrole nitrogens is 1. The van der Waals surface area contributed by atoms with E-state index in [0.717, 1.165) is 0 Å². The van der Waals surface area contributed by atoms with Gasteiger partial charge < -0.3 is 42.0 Å². The summed E-state index contributed by atoms with van der Waals surface area (Å²) in [6.45, 7) is 3.94. The number of carboxylic acid groups (broad SMARTS) is 1. The third-order valence-corrected chi connectivity index (χ3v) is 5.03. The van der Waals surface area contributed by atoms with Gasteiger partial charge in [-0.25, -0.2) is 9.78 Å². The van der Waals surface area contributed by atoms with Crippen LogP contribution in [-0.4, -0.2) is 85.9 Å². The van der Waals surface area contributed by atoms with Crippen LogP contribution in [0.4, 0.5) is 0 Å². The summed E-state index contributed by atoms with van der Waals surface area (Å²) in [5.41, 5.74) is 6.01. The first kappa shape index (κ1) is 27.0. The molecule has 0 saturated carbocycles. The molecule has 6 atom stereocenters. The van der Waals surface area contributed by atoms with Crippen molar-refractivity contribution in [3.8, 4) is 0 Å². The van der Waals surface area contributed by atoms with E-state index in [1.165, 1.54) is 19.4 Å². The molecule has 1 rings (SSSR count). The number of carboxylic acids is 1. The fourth-order valence-electron chi connectivity index (χ4n) is 2.72. The molecule has 0 saturated heterocycles. The van der Waals surface area contributed by atoms with E-state index >= 15 is 0 Å². The minimum Gasteiger partial charge on any atom is -0.480 e. The van der Waals surface area contributed by atoms with Gasteiger partial charge in [-0.05, 0) is 12.8 Å². The Morgan fingerprint density at radius 2 is 1.69 bits per heavy atom. The second kappa shape index (κ2) is 12.7. The molecular formula is C19H32N6O7. The fraction of sp³-hybridized carbons (Fsp3) is 0.632. The van der Waals surface area contributed by atoms with Crippen LogP contribution in [-0.2, 0) is 25.6 Å². The average Bonchev–Trinajstić information content (AvgIpc) is 3.26. The molecular weight excluding hydrogens is 424 g/mol. The van der Waals surface area contributed by atoms with Crippen molar-refractivity contribution < 1.29 is 34.5 Å². The Bertz CT molecular complexity index is 770. The number of hydrogen-bond donors (Lipinski definition) is 8. The number of rotatable bonds is 13. The molecule has 0 aromatic carbocycles. The number of carbonyl (C=O) groups is 4. The Labute approximate surface area is 185 Å². The van der Waals surface area contributed by atoms with Crippen LogP contribution in [0.2, 0.25) is 0 Å². The molecule has 32 heavy (non-hydrogen) atoms. The summed E-state index contributed by atoms with van der Waals surface area (Å²) in [5, 5.41) is 35.4. The van der Waals surface area contributed by atoms with Gasteiger partial charge in [0.15, 0.2) is 0 Å². The SMILES string of the molecule is CCC(C)C(NC(=O)C(Cc1cnc[nH]1)NC(=O)C(CO)NC(=O)C(N)C(C)O)C(=O)O. The van der Waals surface area contributed by atoms with Crippen LogP contribution in [0, 0.1) is 5.92 Å². The lowest BCUT2D eigenvalue weighted by Gasteiger charge is -2.26. The van der Waals surface area contributed by atoms with Crippen molar-refractivity contribution in [2.45, 2.75) is 63.9 Å². The molecule has 1 aromatic heterocycles. The summed E-state index contributed by atoms with van der Waals surface area (Å²) in [6.07, 6.45) is 2.06. The van der Waals surface area contributed by atoms with Gasteiger partial charge in [0.05, 0.1) is 19.0 Å². The largest absolute Gasteiger partial charge is 0.480 e. The number of nitrogens with zero attached hydrogens (tertiary/aromatic N) is 1. The number of hydrogen-bond acceptors (Lipinski definition) is 8. The third-order valence-electron chi connectivity index (χ3n) is 5.03. The summed E-state index contributed by atoms with van der Waals surface area (Å²) in [6, 6.07) is -5.18. The van der Waals surface area contributed by atoms with Gasteiger partial charge in [-0.3, -0.25) is 14.4 Å². The predicted octanol–water partition coefficient (Wildman–Crippen LogP) is -2.76. The number of nitrogens with two attached hydrogens (primary N) is 1. The number of carbonyl (C=O) groups excluding carboxylic acids is 3. The van der Waals surface area contributed by atoms with Gasteiger partial charge in [-0.1, -0.05) is 20.3 Å². The predicted molar refractivity (Wildman–Crippen MR) is 112 cm³/mol. The molecule has 13 heteroatoms. The summed E-state index contributed by atoms with van der Waals surface area (Å²) < 4.78 is 0. The number of aliphatic hydroxyl groups is 2. The molecule has 0 fully saturated rings. The van der Waals surface area contributed by atoms with Gasteiger partial charge >= 0.3 is 5.97 Å². The highest BCUT2D eigenvalue weighted by Gasteiger charge is 2.32. The Balaban J connectivity index is 2.99. The monoisotopic (exact) mass is 456 g/mol. The molecule has 6 unspecified atom stereocenters. The summed E-state index contributed by atoms with van der Waals surface area (Å²) in [4.78, 5) is 55.7. The van der Waals surface area contributed by atoms with E-state index in [2.05, 4.69) is 25.9 Å². The zero-order chi connectivity index (χ0) is 24.4. The number of nitrogens with one attached hydrogen (secondary N) is 4. The maximum Gasteiger partial charge on any atom is 0.326 e. The number of imidazole rings is 1. The topological polar surface area (TPSA) is 220 Å². The number of amides is 3. The van der Waals surface area contributed by atoms with Crippen molar-refractivity contribution in [1.29, 1.82) is 0 Å². The van der Waals surface area contributed by atoms with Gasteiger partial charge in [0.25, 0.3) is 0 Å². The molecule has 0 radical (unpaired) electrons. The second-order valence-electron chi connectivity index (χ2n) is 7.56. The molecule has 1 aromatic rings. The first-order valence-electron chi connectivity index (χ1n) is 10.2. The van der Waals surface area contributed by atoms with Crippen molar-refractivity contribution >= 4 is 23.7 Å². The minimum atomic E-state index is -1.45. The van der Waals surface area contributed by atoms with Gasteiger partial charge in [0.1, 0.15) is 24.2 Å². The van der Waals surface area contributed by atoms with Gasteiger partial charge in [-0.2, -0.15) is 0 Å². The highest BCUT2D eigenvalue weighted by molar-refractivity contribution is 5.94. The number of aromatic amines is 1. The maximum absolute atomic E-state index is 12.8. The lowest BCUT2D eigenvalue weighted by atomic mass is 9.98. The zero-order valence-electron chi connectivity index (χ0n) is 18.2. The lowest BCUT2D eigenvalue weighted by molar-refractivity contribution is -0.144. The van der Waals surface area contributed by atoms with Crippen LogP contribution < -0.4 is 21.7 Å².